The van der Waals surface area contributed by atoms with Gasteiger partial charge in [-0.25, -0.2) is 0 Å². The molecule has 1 aliphatic rings. The van der Waals surface area contributed by atoms with Crippen molar-refractivity contribution in [3.63, 3.8) is 0 Å². The molecule has 4 rings (SSSR count). The van der Waals surface area contributed by atoms with Gasteiger partial charge in [0.25, 0.3) is 5.91 Å². The number of nitrogens with zero attached hydrogens (tertiary/aromatic N) is 1. The highest BCUT2D eigenvalue weighted by molar-refractivity contribution is 7.99. The first-order chi connectivity index (χ1) is 12.2. The minimum atomic E-state index is 0.154. The maximum atomic E-state index is 12.9. The summed E-state index contributed by atoms with van der Waals surface area (Å²) in [7, 11) is 0. The van der Waals surface area contributed by atoms with E-state index < -0.39 is 0 Å². The molecule has 2 heterocycles. The molecule has 1 aliphatic heterocycles. The fourth-order valence-electron chi connectivity index (χ4n) is 3.20. The molecule has 3 aromatic rings. The van der Waals surface area contributed by atoms with E-state index >= 15 is 0 Å². The number of rotatable bonds is 2. The fourth-order valence-corrected chi connectivity index (χ4v) is 5.83. The third kappa shape index (κ3) is 3.57. The number of hydrogen-bond acceptors (Lipinski definition) is 3. The van der Waals surface area contributed by atoms with Crippen molar-refractivity contribution >= 4 is 50.7 Å². The molecule has 1 atom stereocenters. The molecule has 0 spiro atoms. The van der Waals surface area contributed by atoms with Gasteiger partial charge in [-0.1, -0.05) is 48.0 Å². The van der Waals surface area contributed by atoms with Gasteiger partial charge < -0.3 is 4.90 Å². The second-order valence-corrected chi connectivity index (χ2v) is 8.91. The number of carbonyl (C=O) groups is 1. The van der Waals surface area contributed by atoms with E-state index in [1.807, 2.05) is 53.1 Å². The Labute approximate surface area is 160 Å². The van der Waals surface area contributed by atoms with Gasteiger partial charge in [-0.05, 0) is 35.6 Å². The zero-order valence-corrected chi connectivity index (χ0v) is 16.0. The van der Waals surface area contributed by atoms with Crippen molar-refractivity contribution < 1.29 is 4.79 Å². The minimum Gasteiger partial charge on any atom is -0.337 e. The van der Waals surface area contributed by atoms with Gasteiger partial charge in [0.1, 0.15) is 0 Å². The summed E-state index contributed by atoms with van der Waals surface area (Å²) in [5.41, 5.74) is 1.19. The van der Waals surface area contributed by atoms with E-state index in [1.165, 1.54) is 10.3 Å². The van der Waals surface area contributed by atoms with Crippen LogP contribution < -0.4 is 0 Å². The molecule has 1 saturated heterocycles. The number of thiophene rings is 1. The summed E-state index contributed by atoms with van der Waals surface area (Å²) in [6.07, 6.45) is 0.936. The molecule has 2 aromatic carbocycles. The Hall–Kier alpha value is -1.49. The lowest BCUT2D eigenvalue weighted by Crippen LogP contribution is -2.32. The molecule has 25 heavy (non-hydrogen) atoms. The van der Waals surface area contributed by atoms with Crippen LogP contribution in [0.25, 0.3) is 10.1 Å². The van der Waals surface area contributed by atoms with E-state index in [2.05, 4.69) is 18.2 Å². The highest BCUT2D eigenvalue weighted by atomic mass is 35.5. The zero-order chi connectivity index (χ0) is 17.2. The first kappa shape index (κ1) is 17.0. The number of benzene rings is 2. The van der Waals surface area contributed by atoms with Crippen LogP contribution >= 0.6 is 34.7 Å². The molecule has 0 radical (unpaired) electrons. The Balaban J connectivity index is 1.50. The summed E-state index contributed by atoms with van der Waals surface area (Å²) in [5, 5.41) is 2.33. The SMILES string of the molecule is O=C(c1cc2ccccc2s1)N1CCS[C@H](c2ccccc2Cl)CC1. The van der Waals surface area contributed by atoms with Gasteiger partial charge in [-0.15, -0.1) is 11.3 Å². The molecule has 5 heteroatoms. The maximum Gasteiger partial charge on any atom is 0.263 e. The summed E-state index contributed by atoms with van der Waals surface area (Å²) in [6, 6.07) is 18.2. The van der Waals surface area contributed by atoms with Crippen molar-refractivity contribution in [1.29, 1.82) is 0 Å². The molecular weight excluding hydrogens is 370 g/mol. The summed E-state index contributed by atoms with van der Waals surface area (Å²) in [5.74, 6) is 1.09. The maximum absolute atomic E-state index is 12.9. The quantitative estimate of drug-likeness (QED) is 0.547. The standard InChI is InChI=1S/C20H18ClNOS2/c21-16-7-3-2-6-15(16)18-9-10-22(11-12-24-18)20(23)19-13-14-5-1-4-8-17(14)25-19/h1-8,13,18H,9-12H2/t18-/m0/s1. The Kier molecular flexibility index (Phi) is 5.02. The van der Waals surface area contributed by atoms with Gasteiger partial charge in [0.2, 0.25) is 0 Å². The van der Waals surface area contributed by atoms with Crippen molar-refractivity contribution in [2.75, 3.05) is 18.8 Å². The van der Waals surface area contributed by atoms with E-state index in [-0.39, 0.29) is 5.91 Å². The Morgan fingerprint density at radius 3 is 2.72 bits per heavy atom. The van der Waals surface area contributed by atoms with Gasteiger partial charge >= 0.3 is 0 Å². The molecule has 0 bridgehead atoms. The van der Waals surface area contributed by atoms with E-state index in [1.54, 1.807) is 11.3 Å². The molecule has 1 fully saturated rings. The average Bonchev–Trinajstić information content (AvgIpc) is 2.92. The molecule has 128 valence electrons. The van der Waals surface area contributed by atoms with E-state index in [0.717, 1.165) is 40.5 Å². The van der Waals surface area contributed by atoms with Crippen molar-refractivity contribution in [2.45, 2.75) is 11.7 Å². The van der Waals surface area contributed by atoms with Crippen molar-refractivity contribution in [3.8, 4) is 0 Å². The van der Waals surface area contributed by atoms with Gasteiger partial charge in [-0.3, -0.25) is 4.79 Å². The van der Waals surface area contributed by atoms with Crippen LogP contribution in [0.4, 0.5) is 0 Å². The normalized spacial score (nSPS) is 18.3. The second kappa shape index (κ2) is 7.40. The Morgan fingerprint density at radius 2 is 1.88 bits per heavy atom. The van der Waals surface area contributed by atoms with Crippen LogP contribution in [0.3, 0.4) is 0 Å². The number of hydrogen-bond donors (Lipinski definition) is 0. The van der Waals surface area contributed by atoms with Gasteiger partial charge in [-0.2, -0.15) is 11.8 Å². The van der Waals surface area contributed by atoms with Crippen molar-refractivity contribution in [2.24, 2.45) is 0 Å². The number of carbonyl (C=O) groups excluding carboxylic acids is 1. The van der Waals surface area contributed by atoms with Crippen LogP contribution in [0.1, 0.15) is 26.9 Å². The minimum absolute atomic E-state index is 0.154. The molecule has 2 nitrogen and oxygen atoms in total. The number of amides is 1. The van der Waals surface area contributed by atoms with E-state index in [0.29, 0.717) is 5.25 Å². The van der Waals surface area contributed by atoms with Crippen LogP contribution in [0.15, 0.2) is 54.6 Å². The Bertz CT molecular complexity index is 874. The van der Waals surface area contributed by atoms with Crippen LogP contribution in [0.5, 0.6) is 0 Å². The third-order valence-electron chi connectivity index (χ3n) is 4.52. The van der Waals surface area contributed by atoms with Crippen LogP contribution in [-0.4, -0.2) is 29.6 Å². The van der Waals surface area contributed by atoms with E-state index in [4.69, 9.17) is 11.6 Å². The lowest BCUT2D eigenvalue weighted by Gasteiger charge is -2.19. The average molecular weight is 388 g/mol. The largest absolute Gasteiger partial charge is 0.337 e. The molecule has 0 saturated carbocycles. The third-order valence-corrected chi connectivity index (χ3v) is 7.28. The van der Waals surface area contributed by atoms with Gasteiger partial charge in [0.05, 0.1) is 4.88 Å². The molecule has 0 unspecified atom stereocenters. The number of thioether (sulfide) groups is 1. The smallest absolute Gasteiger partial charge is 0.263 e. The van der Waals surface area contributed by atoms with Crippen LogP contribution in [0, 0.1) is 0 Å². The predicted octanol–water partition coefficient (Wildman–Crippen LogP) is 5.88. The van der Waals surface area contributed by atoms with Crippen LogP contribution in [-0.2, 0) is 0 Å². The van der Waals surface area contributed by atoms with E-state index in [9.17, 15) is 4.79 Å². The van der Waals surface area contributed by atoms with Crippen LogP contribution in [0.2, 0.25) is 5.02 Å². The lowest BCUT2D eigenvalue weighted by molar-refractivity contribution is 0.0771. The molecule has 1 amide bonds. The molecule has 1 aromatic heterocycles. The highest BCUT2D eigenvalue weighted by Gasteiger charge is 2.24. The molecule has 0 N–H and O–H groups in total. The Morgan fingerprint density at radius 1 is 1.08 bits per heavy atom. The predicted molar refractivity (Wildman–Crippen MR) is 109 cm³/mol. The fraction of sp³-hybridized carbons (Fsp3) is 0.250. The number of halogens is 1. The zero-order valence-electron chi connectivity index (χ0n) is 13.7. The monoisotopic (exact) mass is 387 g/mol. The first-order valence-corrected chi connectivity index (χ1v) is 10.6. The second-order valence-electron chi connectivity index (χ2n) is 6.11. The first-order valence-electron chi connectivity index (χ1n) is 8.36. The summed E-state index contributed by atoms with van der Waals surface area (Å²) >= 11 is 9.84. The topological polar surface area (TPSA) is 20.3 Å². The van der Waals surface area contributed by atoms with Crippen molar-refractivity contribution in [3.05, 3.63) is 70.1 Å². The van der Waals surface area contributed by atoms with Gasteiger partial charge in [0, 0.05) is 33.8 Å². The summed E-state index contributed by atoms with van der Waals surface area (Å²) in [6.45, 7) is 1.56. The van der Waals surface area contributed by atoms with Crippen molar-refractivity contribution in [1.82, 2.24) is 4.90 Å². The molecular formula is C20H18ClNOS2. The highest BCUT2D eigenvalue weighted by Crippen LogP contribution is 2.38. The summed E-state index contributed by atoms with van der Waals surface area (Å²) < 4.78 is 1.17. The summed E-state index contributed by atoms with van der Waals surface area (Å²) in [4.78, 5) is 15.8. The van der Waals surface area contributed by atoms with Gasteiger partial charge in [0.15, 0.2) is 0 Å². The molecule has 0 aliphatic carbocycles. The number of fused-ring (bicyclic) bond motifs is 1. The lowest BCUT2D eigenvalue weighted by atomic mass is 10.1.